The molecule has 2 aromatic rings. The van der Waals surface area contributed by atoms with E-state index in [0.29, 0.717) is 6.54 Å². The summed E-state index contributed by atoms with van der Waals surface area (Å²) in [7, 11) is 5.08. The number of nitrogens with one attached hydrogen (secondary N) is 2. The van der Waals surface area contributed by atoms with Gasteiger partial charge in [-0.05, 0) is 31.5 Å². The summed E-state index contributed by atoms with van der Waals surface area (Å²) in [5.41, 5.74) is 2.12. The topological polar surface area (TPSA) is 67.8 Å². The lowest BCUT2D eigenvalue weighted by Crippen LogP contribution is -2.43. The second-order valence-electron chi connectivity index (χ2n) is 6.97. The average molecular weight is 391 g/mol. The molecule has 1 heterocycles. The van der Waals surface area contributed by atoms with Crippen molar-refractivity contribution in [2.24, 2.45) is 4.99 Å². The van der Waals surface area contributed by atoms with Gasteiger partial charge in [0.2, 0.25) is 0 Å². The number of hydrogen-bond donors (Lipinski definition) is 2. The predicted molar refractivity (Wildman–Crippen MR) is 112 cm³/mol. The summed E-state index contributed by atoms with van der Waals surface area (Å²) in [6.45, 7) is 9.88. The fraction of sp³-hybridized carbons (Fsp3) is 0.500. The van der Waals surface area contributed by atoms with Crippen LogP contribution in [0.2, 0.25) is 0 Å². The van der Waals surface area contributed by atoms with Gasteiger partial charge in [0.15, 0.2) is 17.5 Å². The van der Waals surface area contributed by atoms with Gasteiger partial charge in [-0.3, -0.25) is 4.99 Å². The van der Waals surface area contributed by atoms with Crippen LogP contribution in [-0.4, -0.2) is 38.8 Å². The molecular formula is C20H30N4O2S. The molecule has 27 heavy (non-hydrogen) atoms. The number of ether oxygens (including phenoxy) is 2. The molecule has 0 amide bonds. The summed E-state index contributed by atoms with van der Waals surface area (Å²) < 4.78 is 10.8. The smallest absolute Gasteiger partial charge is 0.191 e. The Kier molecular flexibility index (Phi) is 7.07. The first-order valence-corrected chi connectivity index (χ1v) is 9.72. The molecule has 6 nitrogen and oxygen atoms in total. The van der Waals surface area contributed by atoms with Crippen molar-refractivity contribution in [2.75, 3.05) is 27.8 Å². The Morgan fingerprint density at radius 3 is 2.41 bits per heavy atom. The summed E-state index contributed by atoms with van der Waals surface area (Å²) in [5, 5.41) is 7.88. The Hall–Kier alpha value is -2.28. The molecule has 1 aromatic carbocycles. The van der Waals surface area contributed by atoms with Crippen molar-refractivity contribution in [1.82, 2.24) is 15.6 Å². The second kappa shape index (κ2) is 9.08. The van der Waals surface area contributed by atoms with Crippen LogP contribution in [0.3, 0.4) is 0 Å². The molecule has 0 aliphatic rings. The molecule has 1 aromatic heterocycles. The largest absolute Gasteiger partial charge is 0.493 e. The van der Waals surface area contributed by atoms with Crippen LogP contribution >= 0.6 is 11.3 Å². The van der Waals surface area contributed by atoms with Crippen molar-refractivity contribution in [1.29, 1.82) is 0 Å². The van der Waals surface area contributed by atoms with Crippen LogP contribution in [0.5, 0.6) is 11.5 Å². The molecule has 0 aliphatic carbocycles. The van der Waals surface area contributed by atoms with Crippen LogP contribution in [0.1, 0.15) is 35.0 Å². The van der Waals surface area contributed by atoms with Gasteiger partial charge >= 0.3 is 0 Å². The van der Waals surface area contributed by atoms with Gasteiger partial charge in [0, 0.05) is 23.9 Å². The van der Waals surface area contributed by atoms with Crippen molar-refractivity contribution in [2.45, 2.75) is 39.7 Å². The lowest BCUT2D eigenvalue weighted by Gasteiger charge is -2.27. The van der Waals surface area contributed by atoms with Crippen LogP contribution in [0.4, 0.5) is 0 Å². The molecule has 0 saturated carbocycles. The molecule has 2 rings (SSSR count). The van der Waals surface area contributed by atoms with E-state index < -0.39 is 0 Å². The molecule has 0 bridgehead atoms. The summed E-state index contributed by atoms with van der Waals surface area (Å²) >= 11 is 1.71. The van der Waals surface area contributed by atoms with Gasteiger partial charge in [0.25, 0.3) is 0 Å². The molecule has 0 saturated heterocycles. The molecular weight excluding hydrogens is 360 g/mol. The fourth-order valence-corrected chi connectivity index (χ4v) is 3.66. The number of rotatable bonds is 7. The molecule has 0 fully saturated rings. The Balaban J connectivity index is 2.01. The third-order valence-corrected chi connectivity index (χ3v) is 5.58. The van der Waals surface area contributed by atoms with Gasteiger partial charge in [-0.15, -0.1) is 11.3 Å². The number of nitrogens with zero attached hydrogens (tertiary/aromatic N) is 2. The summed E-state index contributed by atoms with van der Waals surface area (Å²) in [5.74, 6) is 2.24. The number of hydrogen-bond acceptors (Lipinski definition) is 5. The average Bonchev–Trinajstić information content (AvgIpc) is 2.98. The van der Waals surface area contributed by atoms with E-state index in [0.717, 1.165) is 40.3 Å². The Labute approximate surface area is 166 Å². The maximum Gasteiger partial charge on any atom is 0.191 e. The van der Waals surface area contributed by atoms with Crippen molar-refractivity contribution < 1.29 is 9.47 Å². The lowest BCUT2D eigenvalue weighted by molar-refractivity contribution is 0.353. The predicted octanol–water partition coefficient (Wildman–Crippen LogP) is 3.42. The van der Waals surface area contributed by atoms with Gasteiger partial charge in [0.1, 0.15) is 0 Å². The third kappa shape index (κ3) is 5.35. The quantitative estimate of drug-likeness (QED) is 0.560. The van der Waals surface area contributed by atoms with Gasteiger partial charge < -0.3 is 20.1 Å². The minimum absolute atomic E-state index is 0.117. The van der Waals surface area contributed by atoms with Gasteiger partial charge in [0.05, 0.1) is 31.5 Å². The highest BCUT2D eigenvalue weighted by Crippen LogP contribution is 2.32. The Morgan fingerprint density at radius 2 is 1.85 bits per heavy atom. The van der Waals surface area contributed by atoms with Crippen molar-refractivity contribution in [3.63, 3.8) is 0 Å². The van der Waals surface area contributed by atoms with Crippen LogP contribution in [0, 0.1) is 13.8 Å². The number of thiazole rings is 1. The molecule has 0 radical (unpaired) electrons. The summed E-state index contributed by atoms with van der Waals surface area (Å²) in [6, 6.07) is 6.04. The molecule has 0 aliphatic heterocycles. The van der Waals surface area contributed by atoms with E-state index in [1.54, 1.807) is 32.6 Å². The minimum atomic E-state index is -0.117. The molecule has 0 unspecified atom stereocenters. The van der Waals surface area contributed by atoms with E-state index in [4.69, 9.17) is 9.47 Å². The fourth-order valence-electron chi connectivity index (χ4n) is 2.79. The normalized spacial score (nSPS) is 12.0. The highest BCUT2D eigenvalue weighted by molar-refractivity contribution is 7.11. The highest BCUT2D eigenvalue weighted by atomic mass is 32.1. The van der Waals surface area contributed by atoms with Gasteiger partial charge in [-0.1, -0.05) is 19.9 Å². The Bertz CT molecular complexity index is 799. The van der Waals surface area contributed by atoms with E-state index in [2.05, 4.69) is 40.5 Å². The van der Waals surface area contributed by atoms with E-state index in [9.17, 15) is 0 Å². The molecule has 2 N–H and O–H groups in total. The maximum absolute atomic E-state index is 5.43. The van der Waals surface area contributed by atoms with E-state index in [1.165, 1.54) is 4.88 Å². The molecule has 0 atom stereocenters. The van der Waals surface area contributed by atoms with Crippen LogP contribution in [0.15, 0.2) is 23.2 Å². The van der Waals surface area contributed by atoms with E-state index in [-0.39, 0.29) is 5.41 Å². The number of aromatic nitrogens is 1. The van der Waals surface area contributed by atoms with Crippen molar-refractivity contribution in [3.05, 3.63) is 39.3 Å². The number of benzene rings is 1. The van der Waals surface area contributed by atoms with Gasteiger partial charge in [-0.2, -0.15) is 0 Å². The number of aryl methyl sites for hydroxylation is 2. The van der Waals surface area contributed by atoms with Crippen molar-refractivity contribution >= 4 is 17.3 Å². The zero-order chi connectivity index (χ0) is 20.0. The Morgan fingerprint density at radius 1 is 1.15 bits per heavy atom. The molecule has 148 valence electrons. The van der Waals surface area contributed by atoms with Crippen molar-refractivity contribution in [3.8, 4) is 11.5 Å². The summed E-state index contributed by atoms with van der Waals surface area (Å²) in [6.07, 6.45) is 0. The standard InChI is InChI=1S/C20H30N4O2S/c1-13-18(27-14(2)24-13)11-22-19(21-5)23-12-20(3,4)15-8-9-16(25-6)17(10-15)26-7/h8-10H,11-12H2,1-7H3,(H2,21,22,23). The second-order valence-corrected chi connectivity index (χ2v) is 8.26. The third-order valence-electron chi connectivity index (χ3n) is 4.50. The number of methoxy groups -OCH3 is 2. The van der Waals surface area contributed by atoms with Crippen LogP contribution < -0.4 is 20.1 Å². The highest BCUT2D eigenvalue weighted by Gasteiger charge is 2.23. The first-order valence-electron chi connectivity index (χ1n) is 8.90. The number of guanidine groups is 1. The first-order chi connectivity index (χ1) is 12.8. The van der Waals surface area contributed by atoms with E-state index >= 15 is 0 Å². The molecule has 0 spiro atoms. The SMILES string of the molecule is CN=C(NCc1sc(C)nc1C)NCC(C)(C)c1ccc(OC)c(OC)c1. The zero-order valence-corrected chi connectivity index (χ0v) is 18.1. The van der Waals surface area contributed by atoms with E-state index in [1.807, 2.05) is 26.0 Å². The monoisotopic (exact) mass is 390 g/mol. The van der Waals surface area contributed by atoms with Crippen LogP contribution in [-0.2, 0) is 12.0 Å². The maximum atomic E-state index is 5.43. The van der Waals surface area contributed by atoms with Gasteiger partial charge in [-0.25, -0.2) is 4.98 Å². The van der Waals surface area contributed by atoms with Crippen LogP contribution in [0.25, 0.3) is 0 Å². The minimum Gasteiger partial charge on any atom is -0.493 e. The lowest BCUT2D eigenvalue weighted by atomic mass is 9.84. The summed E-state index contributed by atoms with van der Waals surface area (Å²) in [4.78, 5) is 10.0. The number of aliphatic imine (C=N–C) groups is 1. The molecule has 7 heteroatoms. The zero-order valence-electron chi connectivity index (χ0n) is 17.3. The first kappa shape index (κ1) is 21.0.